The second-order valence-electron chi connectivity index (χ2n) is 20.1. The smallest absolute Gasteiger partial charge is 0.330 e. The van der Waals surface area contributed by atoms with Crippen LogP contribution in [0.15, 0.2) is 126 Å². The van der Waals surface area contributed by atoms with Crippen LogP contribution in [0.5, 0.6) is 11.5 Å². The standard InChI is InChI=1S/C60H75N3O14S/c1-3-54(64)72-37-13-7-5-11-35-70-46-25-29-48(30-26-46)74-56(66)41-17-19-43(20-18-41)58(68)76-50-33-34-52(45(39-50)40-61-63-60-62-51-15-9-10-16-53(51)78-60)77-59(69)44-23-21-42(22-24-44)57(67)75-49-31-27-47(28-32-49)71-36-12-6-8-14-38-73-55(65)4-2/h3-4,9-10,15-16,25,27-29,31-34,41-45,60-63H,1-2,5-8,11-14,17-24,26,30,35-40H2. The SMILES string of the molecule is C=CC(=O)OCCCCCCOC1=CC=C(OC(=O)C2CCC(C(=O)OC3=CC=C(OC(=O)C4CCC(C(=O)Oc5ccc(OCCCCCCOC(=O)C=C)cc5)CC4)C(CNNC4Nc5ccccc5S4)C3)CC2)CC1. The van der Waals surface area contributed by atoms with Crippen LogP contribution in [0, 0.1) is 29.6 Å². The van der Waals surface area contributed by atoms with Crippen molar-refractivity contribution in [1.29, 1.82) is 0 Å². The van der Waals surface area contributed by atoms with Gasteiger partial charge in [-0.2, -0.15) is 0 Å². The van der Waals surface area contributed by atoms with Gasteiger partial charge in [-0.15, -0.1) is 0 Å². The van der Waals surface area contributed by atoms with Gasteiger partial charge in [-0.05, 0) is 163 Å². The third-order valence-corrected chi connectivity index (χ3v) is 15.4. The average Bonchev–Trinajstić information content (AvgIpc) is 3.90. The van der Waals surface area contributed by atoms with E-state index in [1.54, 1.807) is 54.3 Å². The summed E-state index contributed by atoms with van der Waals surface area (Å²) in [5.74, 6) is -0.442. The van der Waals surface area contributed by atoms with E-state index in [2.05, 4.69) is 35.4 Å². The van der Waals surface area contributed by atoms with Crippen molar-refractivity contribution < 1.29 is 66.7 Å². The first kappa shape index (κ1) is 59.0. The lowest BCUT2D eigenvalue weighted by Crippen LogP contribution is -2.44. The lowest BCUT2D eigenvalue weighted by molar-refractivity contribution is -0.151. The zero-order valence-corrected chi connectivity index (χ0v) is 45.4. The molecular formula is C60H75N3O14S. The number of fused-ring (bicyclic) bond motifs is 1. The number of rotatable bonds is 30. The fourth-order valence-corrected chi connectivity index (χ4v) is 10.7. The molecule has 4 aliphatic carbocycles. The van der Waals surface area contributed by atoms with Gasteiger partial charge in [0.15, 0.2) is 0 Å². The molecule has 420 valence electrons. The van der Waals surface area contributed by atoms with Crippen molar-refractivity contribution in [3.8, 4) is 11.5 Å². The zero-order valence-electron chi connectivity index (χ0n) is 44.6. The molecule has 1 aliphatic heterocycles. The number of thioether (sulfide) groups is 1. The van der Waals surface area contributed by atoms with Gasteiger partial charge < -0.3 is 43.2 Å². The molecule has 0 aromatic heterocycles. The largest absolute Gasteiger partial charge is 0.498 e. The molecule has 2 aromatic carbocycles. The third kappa shape index (κ3) is 19.4. The van der Waals surface area contributed by atoms with E-state index in [0.717, 1.165) is 79.9 Å². The first-order valence-corrected chi connectivity index (χ1v) is 28.5. The zero-order chi connectivity index (χ0) is 54.9. The molecule has 17 nitrogen and oxygen atoms in total. The second kappa shape index (κ2) is 31.7. The number of allylic oxidation sites excluding steroid dienone is 7. The van der Waals surface area contributed by atoms with Crippen molar-refractivity contribution >= 4 is 53.3 Å². The summed E-state index contributed by atoms with van der Waals surface area (Å²) in [6.07, 6.45) is 21.9. The highest BCUT2D eigenvalue weighted by molar-refractivity contribution is 8.00. The van der Waals surface area contributed by atoms with Crippen LogP contribution in [0.25, 0.3) is 0 Å². The molecule has 5 aliphatic rings. The molecule has 2 unspecified atom stereocenters. The summed E-state index contributed by atoms with van der Waals surface area (Å²) in [6, 6.07) is 15.0. The van der Waals surface area contributed by atoms with Crippen LogP contribution in [-0.2, 0) is 57.2 Å². The summed E-state index contributed by atoms with van der Waals surface area (Å²) in [6.45, 7) is 9.04. The molecule has 0 spiro atoms. The highest BCUT2D eigenvalue weighted by Gasteiger charge is 2.36. The normalized spacial score (nSPS) is 21.5. The summed E-state index contributed by atoms with van der Waals surface area (Å²) in [4.78, 5) is 77.2. The monoisotopic (exact) mass is 1090 g/mol. The van der Waals surface area contributed by atoms with Crippen LogP contribution >= 0.6 is 11.8 Å². The topological polar surface area (TPSA) is 212 Å². The number of ether oxygens (including phenoxy) is 8. The van der Waals surface area contributed by atoms with Crippen molar-refractivity contribution in [3.63, 3.8) is 0 Å². The van der Waals surface area contributed by atoms with Gasteiger partial charge in [0, 0.05) is 54.5 Å². The van der Waals surface area contributed by atoms with E-state index >= 15 is 0 Å². The molecule has 1 heterocycles. The summed E-state index contributed by atoms with van der Waals surface area (Å²) in [5.41, 5.74) is 7.52. The molecule has 2 atom stereocenters. The van der Waals surface area contributed by atoms with Gasteiger partial charge in [0.25, 0.3) is 0 Å². The van der Waals surface area contributed by atoms with E-state index in [1.165, 1.54) is 0 Å². The van der Waals surface area contributed by atoms with Gasteiger partial charge in [0.05, 0.1) is 55.9 Å². The Morgan fingerprint density at radius 1 is 0.538 bits per heavy atom. The molecule has 2 aromatic rings. The molecule has 18 heteroatoms. The lowest BCUT2D eigenvalue weighted by Gasteiger charge is -2.30. The fraction of sp³-hybridized carbons (Fsp3) is 0.500. The number of hydrazine groups is 1. The quantitative estimate of drug-likeness (QED) is 0.0166. The van der Waals surface area contributed by atoms with Gasteiger partial charge in [0.2, 0.25) is 0 Å². The molecule has 0 radical (unpaired) electrons. The molecule has 7 rings (SSSR count). The fourth-order valence-electron chi connectivity index (χ4n) is 9.75. The minimum Gasteiger partial charge on any atom is -0.498 e. The van der Waals surface area contributed by atoms with E-state index in [4.69, 9.17) is 37.9 Å². The Morgan fingerprint density at radius 3 is 1.59 bits per heavy atom. The number of carbonyl (C=O) groups is 6. The van der Waals surface area contributed by atoms with Gasteiger partial charge in [-0.25, -0.2) is 15.0 Å². The Balaban J connectivity index is 0.826. The number of carbonyl (C=O) groups excluding carboxylic acids is 6. The highest BCUT2D eigenvalue weighted by Crippen LogP contribution is 2.38. The minimum atomic E-state index is -0.409. The molecule has 0 bridgehead atoms. The Morgan fingerprint density at radius 2 is 1.03 bits per heavy atom. The van der Waals surface area contributed by atoms with Gasteiger partial charge in [-0.3, -0.25) is 24.6 Å². The number of esters is 6. The Hall–Kier alpha value is -6.63. The van der Waals surface area contributed by atoms with Crippen LogP contribution in [-0.4, -0.2) is 74.3 Å². The predicted octanol–water partition coefficient (Wildman–Crippen LogP) is 10.8. The highest BCUT2D eigenvalue weighted by atomic mass is 32.2. The number of hydrogen-bond donors (Lipinski definition) is 3. The summed E-state index contributed by atoms with van der Waals surface area (Å²) in [5, 5.41) is 3.43. The van der Waals surface area contributed by atoms with Crippen molar-refractivity contribution in [1.82, 2.24) is 10.9 Å². The van der Waals surface area contributed by atoms with E-state index < -0.39 is 17.9 Å². The first-order chi connectivity index (χ1) is 38.0. The molecule has 0 saturated heterocycles. The van der Waals surface area contributed by atoms with Crippen LogP contribution < -0.4 is 25.6 Å². The maximum Gasteiger partial charge on any atom is 0.330 e. The molecule has 3 N–H and O–H groups in total. The van der Waals surface area contributed by atoms with Crippen molar-refractivity contribution in [3.05, 3.63) is 121 Å². The van der Waals surface area contributed by atoms with Crippen LogP contribution in [0.4, 0.5) is 5.69 Å². The van der Waals surface area contributed by atoms with E-state index in [0.29, 0.717) is 132 Å². The number of hydrogen-bond acceptors (Lipinski definition) is 18. The van der Waals surface area contributed by atoms with Crippen LogP contribution in [0.1, 0.15) is 122 Å². The summed E-state index contributed by atoms with van der Waals surface area (Å²) < 4.78 is 45.4. The molecular weight excluding hydrogens is 1020 g/mol. The Kier molecular flexibility index (Phi) is 24.0. The van der Waals surface area contributed by atoms with Crippen molar-refractivity contribution in [2.75, 3.05) is 38.3 Å². The molecule has 2 saturated carbocycles. The number of benzene rings is 2. The maximum atomic E-state index is 13.7. The molecule has 0 amide bonds. The van der Waals surface area contributed by atoms with Crippen molar-refractivity contribution in [2.45, 2.75) is 132 Å². The first-order valence-electron chi connectivity index (χ1n) is 27.7. The number of para-hydroxylation sites is 1. The van der Waals surface area contributed by atoms with E-state index in [9.17, 15) is 28.8 Å². The average molecular weight is 1090 g/mol. The lowest BCUT2D eigenvalue weighted by atomic mass is 9.82. The number of nitrogens with one attached hydrogen (secondary N) is 3. The predicted molar refractivity (Wildman–Crippen MR) is 292 cm³/mol. The van der Waals surface area contributed by atoms with Gasteiger partial charge in [-0.1, -0.05) is 37.1 Å². The van der Waals surface area contributed by atoms with Gasteiger partial charge in [0.1, 0.15) is 34.3 Å². The Labute approximate surface area is 461 Å². The number of unbranched alkanes of at least 4 members (excludes halogenated alkanes) is 6. The second-order valence-corrected chi connectivity index (χ2v) is 21.2. The summed E-state index contributed by atoms with van der Waals surface area (Å²) in [7, 11) is 0. The van der Waals surface area contributed by atoms with Crippen LogP contribution in [0.2, 0.25) is 0 Å². The third-order valence-electron chi connectivity index (χ3n) is 14.3. The maximum absolute atomic E-state index is 13.7. The molecule has 78 heavy (non-hydrogen) atoms. The van der Waals surface area contributed by atoms with Crippen molar-refractivity contribution in [2.24, 2.45) is 29.6 Å². The van der Waals surface area contributed by atoms with Crippen LogP contribution in [0.3, 0.4) is 0 Å². The molecule has 2 fully saturated rings. The Bertz CT molecular complexity index is 2480. The van der Waals surface area contributed by atoms with E-state index in [1.807, 2.05) is 24.3 Å². The summed E-state index contributed by atoms with van der Waals surface area (Å²) >= 11 is 1.64. The minimum absolute atomic E-state index is 0.136. The number of anilines is 1. The van der Waals surface area contributed by atoms with E-state index in [-0.39, 0.29) is 53.0 Å². The van der Waals surface area contributed by atoms with Gasteiger partial charge >= 0.3 is 35.8 Å².